The molecule has 0 aromatic rings. The number of hydrogen-bond donors (Lipinski definition) is 2. The first-order valence-corrected chi connectivity index (χ1v) is 2.51. The minimum Gasteiger partial charge on any atom is -0.479 e. The summed E-state index contributed by atoms with van der Waals surface area (Å²) in [7, 11) is 0. The van der Waals surface area contributed by atoms with Crippen LogP contribution in [0.15, 0.2) is 0 Å². The first-order chi connectivity index (χ1) is 2.64. The fraction of sp³-hybridized carbons (Fsp3) is 0.500. The molecule has 0 aromatic carbocycles. The molecule has 3 nitrogen and oxygen atoms in total. The van der Waals surface area contributed by atoms with Crippen LogP contribution in [0.25, 0.3) is 0 Å². The van der Waals surface area contributed by atoms with Crippen LogP contribution in [0.1, 0.15) is 0 Å². The normalized spacial score (nSPS) is 13.7. The van der Waals surface area contributed by atoms with Crippen molar-refractivity contribution in [3.05, 3.63) is 0 Å². The molecule has 0 radical (unpaired) electrons. The SMILES string of the molecule is NC(I)C(=O)O. The van der Waals surface area contributed by atoms with Gasteiger partial charge in [0.1, 0.15) is 0 Å². The number of carbonyl (C=O) groups is 1. The molecule has 0 saturated heterocycles. The highest BCUT2D eigenvalue weighted by Gasteiger charge is 2.01. The Kier molecular flexibility index (Phi) is 2.42. The molecule has 0 aliphatic rings. The van der Waals surface area contributed by atoms with E-state index in [-0.39, 0.29) is 0 Å². The van der Waals surface area contributed by atoms with Crippen LogP contribution in [0.5, 0.6) is 0 Å². The molecule has 0 fully saturated rings. The van der Waals surface area contributed by atoms with Crippen molar-refractivity contribution < 1.29 is 9.90 Å². The van der Waals surface area contributed by atoms with Gasteiger partial charge in [-0.15, -0.1) is 0 Å². The van der Waals surface area contributed by atoms with Crippen molar-refractivity contribution in [1.82, 2.24) is 0 Å². The van der Waals surface area contributed by atoms with E-state index < -0.39 is 10.0 Å². The third-order valence-electron chi connectivity index (χ3n) is 0.236. The van der Waals surface area contributed by atoms with Crippen LogP contribution in [-0.2, 0) is 4.79 Å². The molecule has 1 unspecified atom stereocenters. The van der Waals surface area contributed by atoms with Gasteiger partial charge in [-0.1, -0.05) is 22.6 Å². The maximum Gasteiger partial charge on any atom is 0.330 e. The van der Waals surface area contributed by atoms with Gasteiger partial charge in [-0.2, -0.15) is 0 Å². The Bertz CT molecular complexity index is 62.6. The summed E-state index contributed by atoms with van der Waals surface area (Å²) in [5.41, 5.74) is 4.82. The minimum atomic E-state index is -0.976. The van der Waals surface area contributed by atoms with Crippen molar-refractivity contribution >= 4 is 28.6 Å². The molecule has 36 valence electrons. The number of halogens is 1. The summed E-state index contributed by atoms with van der Waals surface area (Å²) in [5.74, 6) is -0.976. The van der Waals surface area contributed by atoms with E-state index in [0.29, 0.717) is 0 Å². The lowest BCUT2D eigenvalue weighted by Gasteiger charge is -1.88. The smallest absolute Gasteiger partial charge is 0.330 e. The maximum atomic E-state index is 9.57. The molecule has 0 heterocycles. The Morgan fingerprint density at radius 2 is 2.17 bits per heavy atom. The Balaban J connectivity index is 3.26. The summed E-state index contributed by atoms with van der Waals surface area (Å²) >= 11 is 1.61. The summed E-state index contributed by atoms with van der Waals surface area (Å²) < 4.78 is -0.761. The van der Waals surface area contributed by atoms with E-state index >= 15 is 0 Å². The van der Waals surface area contributed by atoms with Gasteiger partial charge in [0, 0.05) is 0 Å². The summed E-state index contributed by atoms with van der Waals surface area (Å²) in [4.78, 5) is 9.57. The lowest BCUT2D eigenvalue weighted by Crippen LogP contribution is -2.21. The van der Waals surface area contributed by atoms with Crippen molar-refractivity contribution in [2.24, 2.45) is 5.73 Å². The molecule has 0 amide bonds. The lowest BCUT2D eigenvalue weighted by molar-refractivity contribution is -0.135. The fourth-order valence-corrected chi connectivity index (χ4v) is 0. The summed E-state index contributed by atoms with van der Waals surface area (Å²) in [5, 5.41) is 7.86. The van der Waals surface area contributed by atoms with Gasteiger partial charge in [0.2, 0.25) is 0 Å². The van der Waals surface area contributed by atoms with E-state index in [4.69, 9.17) is 10.8 Å². The van der Waals surface area contributed by atoms with Crippen molar-refractivity contribution in [3.63, 3.8) is 0 Å². The van der Waals surface area contributed by atoms with Gasteiger partial charge in [-0.3, -0.25) is 0 Å². The topological polar surface area (TPSA) is 63.3 Å². The quantitative estimate of drug-likeness (QED) is 0.350. The molecule has 1 atom stereocenters. The first kappa shape index (κ1) is 6.16. The predicted octanol–water partition coefficient (Wildman–Crippen LogP) is -0.209. The second-order valence-corrected chi connectivity index (χ2v) is 2.08. The third kappa shape index (κ3) is 2.40. The fourth-order valence-electron chi connectivity index (χ4n) is 0. The minimum absolute atomic E-state index is 0.761. The molecule has 6 heavy (non-hydrogen) atoms. The molecule has 0 rings (SSSR count). The number of alkyl halides is 1. The first-order valence-electron chi connectivity index (χ1n) is 1.27. The lowest BCUT2D eigenvalue weighted by atomic mass is 10.7. The standard InChI is InChI=1S/C2H4INO2/c3-1(4)2(5)6/h1H,4H2,(H,5,6). The van der Waals surface area contributed by atoms with Gasteiger partial charge >= 0.3 is 5.97 Å². The van der Waals surface area contributed by atoms with Crippen LogP contribution in [0.4, 0.5) is 0 Å². The average molecular weight is 201 g/mol. The molecular weight excluding hydrogens is 197 g/mol. The van der Waals surface area contributed by atoms with Crippen LogP contribution in [-0.4, -0.2) is 15.1 Å². The molecular formula is C2H4INO2. The van der Waals surface area contributed by atoms with Crippen molar-refractivity contribution in [2.75, 3.05) is 0 Å². The average Bonchev–Trinajstić information content (AvgIpc) is 1.36. The van der Waals surface area contributed by atoms with E-state index in [1.165, 1.54) is 0 Å². The number of carboxylic acids is 1. The number of aliphatic carboxylic acids is 1. The second-order valence-electron chi connectivity index (χ2n) is 0.740. The zero-order valence-electron chi connectivity index (χ0n) is 2.89. The zero-order chi connectivity index (χ0) is 5.15. The van der Waals surface area contributed by atoms with Gasteiger partial charge in [0.25, 0.3) is 0 Å². The Hall–Kier alpha value is 0.160. The van der Waals surface area contributed by atoms with E-state index in [1.807, 2.05) is 0 Å². The van der Waals surface area contributed by atoms with Crippen LogP contribution in [0.2, 0.25) is 0 Å². The molecule has 0 aliphatic carbocycles. The Morgan fingerprint density at radius 1 is 2.00 bits per heavy atom. The van der Waals surface area contributed by atoms with Crippen LogP contribution in [0, 0.1) is 0 Å². The van der Waals surface area contributed by atoms with Gasteiger partial charge in [-0.25, -0.2) is 4.79 Å². The molecule has 0 aromatic heterocycles. The van der Waals surface area contributed by atoms with Crippen molar-refractivity contribution in [1.29, 1.82) is 0 Å². The van der Waals surface area contributed by atoms with E-state index in [0.717, 1.165) is 0 Å². The van der Waals surface area contributed by atoms with Gasteiger partial charge in [-0.05, 0) is 0 Å². The molecule has 0 saturated carbocycles. The summed E-state index contributed by atoms with van der Waals surface area (Å²) in [6.07, 6.45) is 0. The van der Waals surface area contributed by atoms with Gasteiger partial charge in [0.15, 0.2) is 4.05 Å². The van der Waals surface area contributed by atoms with Crippen LogP contribution >= 0.6 is 22.6 Å². The highest BCUT2D eigenvalue weighted by atomic mass is 127. The molecule has 0 aliphatic heterocycles. The Morgan fingerprint density at radius 3 is 2.17 bits per heavy atom. The molecule has 3 N–H and O–H groups in total. The van der Waals surface area contributed by atoms with E-state index in [2.05, 4.69) is 0 Å². The zero-order valence-corrected chi connectivity index (χ0v) is 5.05. The maximum absolute atomic E-state index is 9.57. The predicted molar refractivity (Wildman–Crippen MR) is 29.6 cm³/mol. The third-order valence-corrected chi connectivity index (χ3v) is 0.769. The van der Waals surface area contributed by atoms with Crippen molar-refractivity contribution in [2.45, 2.75) is 4.05 Å². The highest BCUT2D eigenvalue weighted by molar-refractivity contribution is 14.1. The largest absolute Gasteiger partial charge is 0.479 e. The van der Waals surface area contributed by atoms with E-state index in [1.54, 1.807) is 22.6 Å². The number of nitrogens with two attached hydrogens (primary N) is 1. The van der Waals surface area contributed by atoms with Gasteiger partial charge in [0.05, 0.1) is 0 Å². The number of rotatable bonds is 1. The highest BCUT2D eigenvalue weighted by Crippen LogP contribution is 1.87. The van der Waals surface area contributed by atoms with Gasteiger partial charge < -0.3 is 10.8 Å². The van der Waals surface area contributed by atoms with E-state index in [9.17, 15) is 4.79 Å². The monoisotopic (exact) mass is 201 g/mol. The second kappa shape index (κ2) is 2.35. The summed E-state index contributed by atoms with van der Waals surface area (Å²) in [6, 6.07) is 0. The van der Waals surface area contributed by atoms with Crippen LogP contribution in [0.3, 0.4) is 0 Å². The molecule has 0 bridgehead atoms. The Labute approximate surface area is 48.7 Å². The number of hydrogen-bond acceptors (Lipinski definition) is 2. The van der Waals surface area contributed by atoms with Crippen molar-refractivity contribution in [3.8, 4) is 0 Å². The molecule has 0 spiro atoms. The summed E-state index contributed by atoms with van der Waals surface area (Å²) in [6.45, 7) is 0. The molecule has 4 heteroatoms. The van der Waals surface area contributed by atoms with Crippen LogP contribution < -0.4 is 5.73 Å². The number of carboxylic acid groups (broad SMARTS) is 1.